The number of carbonyl (C=O) groups is 1. The van der Waals surface area contributed by atoms with Crippen LogP contribution < -0.4 is 11.1 Å². The number of hydrogen-bond acceptors (Lipinski definition) is 3. The molecule has 1 aliphatic rings. The van der Waals surface area contributed by atoms with Crippen LogP contribution in [0.25, 0.3) is 0 Å². The molecule has 1 amide bonds. The molecule has 1 aromatic carbocycles. The van der Waals surface area contributed by atoms with E-state index < -0.39 is 5.54 Å². The number of nitrogens with one attached hydrogen (secondary N) is 1. The molecule has 0 heterocycles. The molecule has 0 aromatic heterocycles. The topological polar surface area (TPSA) is 75.4 Å². The van der Waals surface area contributed by atoms with Gasteiger partial charge in [0, 0.05) is 10.2 Å². The molecule has 2 rings (SSSR count). The molecular weight excluding hydrogens is 308 g/mol. The summed E-state index contributed by atoms with van der Waals surface area (Å²) in [6, 6.07) is 5.21. The van der Waals surface area contributed by atoms with Crippen molar-refractivity contribution in [2.75, 3.05) is 12.3 Å². The molecule has 1 aromatic rings. The van der Waals surface area contributed by atoms with Gasteiger partial charge < -0.3 is 16.2 Å². The van der Waals surface area contributed by atoms with Gasteiger partial charge in [0.2, 0.25) is 0 Å². The lowest BCUT2D eigenvalue weighted by Crippen LogP contribution is -2.52. The highest BCUT2D eigenvalue weighted by atomic mass is 79.9. The van der Waals surface area contributed by atoms with Crippen molar-refractivity contribution in [3.05, 3.63) is 28.2 Å². The van der Waals surface area contributed by atoms with Gasteiger partial charge in [-0.15, -0.1) is 0 Å². The molecule has 1 aliphatic carbocycles. The minimum atomic E-state index is -0.482. The molecule has 0 spiro atoms. The van der Waals surface area contributed by atoms with Gasteiger partial charge in [-0.25, -0.2) is 0 Å². The summed E-state index contributed by atoms with van der Waals surface area (Å²) in [7, 11) is 0. The summed E-state index contributed by atoms with van der Waals surface area (Å²) in [5.74, 6) is -0.213. The third-order valence-electron chi connectivity index (χ3n) is 3.75. The van der Waals surface area contributed by atoms with E-state index in [2.05, 4.69) is 21.2 Å². The molecule has 1 saturated carbocycles. The van der Waals surface area contributed by atoms with E-state index in [0.717, 1.165) is 36.6 Å². The Morgan fingerprint density at radius 1 is 1.37 bits per heavy atom. The van der Waals surface area contributed by atoms with Crippen molar-refractivity contribution in [1.29, 1.82) is 0 Å². The van der Waals surface area contributed by atoms with Gasteiger partial charge in [-0.2, -0.15) is 0 Å². The van der Waals surface area contributed by atoms with Crippen LogP contribution in [0.4, 0.5) is 5.69 Å². The fourth-order valence-electron chi connectivity index (χ4n) is 2.58. The monoisotopic (exact) mass is 326 g/mol. The lowest BCUT2D eigenvalue weighted by atomic mass is 9.82. The molecule has 0 radical (unpaired) electrons. The minimum Gasteiger partial charge on any atom is -0.398 e. The summed E-state index contributed by atoms with van der Waals surface area (Å²) >= 11 is 3.34. The Hall–Kier alpha value is -1.07. The fourth-order valence-corrected chi connectivity index (χ4v) is 2.95. The van der Waals surface area contributed by atoms with E-state index in [-0.39, 0.29) is 12.5 Å². The Labute approximate surface area is 121 Å². The fraction of sp³-hybridized carbons (Fsp3) is 0.500. The maximum absolute atomic E-state index is 12.3. The lowest BCUT2D eigenvalue weighted by Gasteiger charge is -2.36. The van der Waals surface area contributed by atoms with Crippen LogP contribution in [0.5, 0.6) is 0 Å². The Kier molecular flexibility index (Phi) is 4.47. The number of halogens is 1. The van der Waals surface area contributed by atoms with E-state index in [1.54, 1.807) is 18.2 Å². The number of anilines is 1. The normalized spacial score (nSPS) is 18.0. The molecule has 19 heavy (non-hydrogen) atoms. The van der Waals surface area contributed by atoms with Crippen LogP contribution in [0.3, 0.4) is 0 Å². The number of hydrogen-bond donors (Lipinski definition) is 3. The Bertz CT molecular complexity index is 471. The highest BCUT2D eigenvalue weighted by molar-refractivity contribution is 9.10. The SMILES string of the molecule is Nc1ccc(Br)cc1C(=O)NC1(CO)CCCCC1. The van der Waals surface area contributed by atoms with Crippen LogP contribution in [0.1, 0.15) is 42.5 Å². The maximum Gasteiger partial charge on any atom is 0.253 e. The van der Waals surface area contributed by atoms with Crippen molar-refractivity contribution in [3.8, 4) is 0 Å². The van der Waals surface area contributed by atoms with E-state index in [1.807, 2.05) is 0 Å². The van der Waals surface area contributed by atoms with E-state index in [1.165, 1.54) is 0 Å². The third kappa shape index (κ3) is 3.28. The van der Waals surface area contributed by atoms with Crippen molar-refractivity contribution in [3.63, 3.8) is 0 Å². The number of amides is 1. The van der Waals surface area contributed by atoms with Crippen LogP contribution >= 0.6 is 15.9 Å². The van der Waals surface area contributed by atoms with E-state index in [4.69, 9.17) is 5.73 Å². The summed E-state index contributed by atoms with van der Waals surface area (Å²) in [6.45, 7) is -0.0212. The average Bonchev–Trinajstić information content (AvgIpc) is 2.42. The molecule has 104 valence electrons. The number of nitrogen functional groups attached to an aromatic ring is 1. The second-order valence-corrected chi connectivity index (χ2v) is 6.10. The molecule has 4 N–H and O–H groups in total. The van der Waals surface area contributed by atoms with Gasteiger partial charge in [0.1, 0.15) is 0 Å². The Morgan fingerprint density at radius 3 is 2.68 bits per heavy atom. The Morgan fingerprint density at radius 2 is 2.05 bits per heavy atom. The largest absolute Gasteiger partial charge is 0.398 e. The Balaban J connectivity index is 2.17. The van der Waals surface area contributed by atoms with Crippen LogP contribution in [0.15, 0.2) is 22.7 Å². The quantitative estimate of drug-likeness (QED) is 0.747. The number of benzene rings is 1. The van der Waals surface area contributed by atoms with Crippen molar-refractivity contribution in [1.82, 2.24) is 5.32 Å². The molecular formula is C14H19BrN2O2. The predicted molar refractivity (Wildman–Crippen MR) is 78.9 cm³/mol. The standard InChI is InChI=1S/C14H19BrN2O2/c15-10-4-5-12(16)11(8-10)13(19)17-14(9-18)6-2-1-3-7-14/h4-5,8,18H,1-3,6-7,9,16H2,(H,17,19). The zero-order valence-corrected chi connectivity index (χ0v) is 12.4. The van der Waals surface area contributed by atoms with Crippen LogP contribution in [0.2, 0.25) is 0 Å². The zero-order valence-electron chi connectivity index (χ0n) is 10.8. The highest BCUT2D eigenvalue weighted by Crippen LogP contribution is 2.28. The molecule has 0 aliphatic heterocycles. The number of aliphatic hydroxyl groups is 1. The number of carbonyl (C=O) groups excluding carboxylic acids is 1. The summed E-state index contributed by atoms with van der Waals surface area (Å²) in [6.07, 6.45) is 4.88. The first-order chi connectivity index (χ1) is 9.06. The summed E-state index contributed by atoms with van der Waals surface area (Å²) in [5, 5.41) is 12.6. The first kappa shape index (κ1) is 14.3. The van der Waals surface area contributed by atoms with Gasteiger partial charge >= 0.3 is 0 Å². The highest BCUT2D eigenvalue weighted by Gasteiger charge is 2.33. The number of rotatable bonds is 3. The second-order valence-electron chi connectivity index (χ2n) is 5.18. The predicted octanol–water partition coefficient (Wildman–Crippen LogP) is 2.46. The van der Waals surface area contributed by atoms with Gasteiger partial charge in [-0.05, 0) is 31.0 Å². The third-order valence-corrected chi connectivity index (χ3v) is 4.25. The van der Waals surface area contributed by atoms with Crippen molar-refractivity contribution < 1.29 is 9.90 Å². The molecule has 5 heteroatoms. The van der Waals surface area contributed by atoms with Crippen LogP contribution in [0, 0.1) is 0 Å². The molecule has 0 unspecified atom stereocenters. The number of aliphatic hydroxyl groups excluding tert-OH is 1. The summed E-state index contributed by atoms with van der Waals surface area (Å²) < 4.78 is 0.813. The first-order valence-corrected chi connectivity index (χ1v) is 7.34. The van der Waals surface area contributed by atoms with Crippen LogP contribution in [-0.4, -0.2) is 23.2 Å². The van der Waals surface area contributed by atoms with Gasteiger partial charge in [-0.1, -0.05) is 35.2 Å². The molecule has 0 atom stereocenters. The van der Waals surface area contributed by atoms with Gasteiger partial charge in [-0.3, -0.25) is 4.79 Å². The van der Waals surface area contributed by atoms with Gasteiger partial charge in [0.25, 0.3) is 5.91 Å². The number of nitrogens with two attached hydrogens (primary N) is 1. The molecule has 0 saturated heterocycles. The van der Waals surface area contributed by atoms with E-state index in [0.29, 0.717) is 11.3 Å². The van der Waals surface area contributed by atoms with Crippen molar-refractivity contribution in [2.24, 2.45) is 0 Å². The van der Waals surface area contributed by atoms with Crippen LogP contribution in [-0.2, 0) is 0 Å². The lowest BCUT2D eigenvalue weighted by molar-refractivity contribution is 0.0759. The van der Waals surface area contributed by atoms with Gasteiger partial charge in [0.05, 0.1) is 17.7 Å². The average molecular weight is 327 g/mol. The second kappa shape index (κ2) is 5.92. The zero-order chi connectivity index (χ0) is 13.9. The first-order valence-electron chi connectivity index (χ1n) is 6.55. The molecule has 0 bridgehead atoms. The summed E-state index contributed by atoms with van der Waals surface area (Å²) in [4.78, 5) is 12.3. The maximum atomic E-state index is 12.3. The van der Waals surface area contributed by atoms with Crippen molar-refractivity contribution >= 4 is 27.5 Å². The van der Waals surface area contributed by atoms with E-state index >= 15 is 0 Å². The van der Waals surface area contributed by atoms with Crippen molar-refractivity contribution in [2.45, 2.75) is 37.6 Å². The van der Waals surface area contributed by atoms with Gasteiger partial charge in [0.15, 0.2) is 0 Å². The summed E-state index contributed by atoms with van der Waals surface area (Å²) in [5.41, 5.74) is 6.25. The molecule has 1 fully saturated rings. The minimum absolute atomic E-state index is 0.0212. The van der Waals surface area contributed by atoms with E-state index in [9.17, 15) is 9.90 Å². The molecule has 4 nitrogen and oxygen atoms in total. The smallest absolute Gasteiger partial charge is 0.253 e.